The zero-order chi connectivity index (χ0) is 15.4. The average molecular weight is 309 g/mol. The second-order valence-corrected chi connectivity index (χ2v) is 4.53. The first-order valence-corrected chi connectivity index (χ1v) is 6.42. The number of hydrogen-bond donors (Lipinski definition) is 1. The van der Waals surface area contributed by atoms with Crippen molar-refractivity contribution >= 4 is 17.3 Å². The van der Waals surface area contributed by atoms with Crippen molar-refractivity contribution in [2.45, 2.75) is 6.54 Å². The minimum atomic E-state index is -0.540. The summed E-state index contributed by atoms with van der Waals surface area (Å²) < 4.78 is 10.6. The van der Waals surface area contributed by atoms with Crippen LogP contribution in [0.3, 0.4) is 0 Å². The Labute approximate surface area is 126 Å². The van der Waals surface area contributed by atoms with Crippen LogP contribution in [-0.2, 0) is 6.54 Å². The van der Waals surface area contributed by atoms with Gasteiger partial charge in [0.2, 0.25) is 0 Å². The number of nitro benzene ring substituents is 1. The van der Waals surface area contributed by atoms with E-state index in [2.05, 4.69) is 0 Å². The third-order valence-corrected chi connectivity index (χ3v) is 3.13. The van der Waals surface area contributed by atoms with Gasteiger partial charge in [0.15, 0.2) is 5.75 Å². The number of ether oxygens (including phenoxy) is 2. The van der Waals surface area contributed by atoms with Crippen LogP contribution in [-0.4, -0.2) is 12.0 Å². The number of rotatable bonds is 5. The molecule has 0 aliphatic heterocycles. The maximum atomic E-state index is 11.0. The molecule has 0 saturated carbocycles. The Balaban J connectivity index is 2.41. The van der Waals surface area contributed by atoms with Gasteiger partial charge >= 0.3 is 5.69 Å². The Morgan fingerprint density at radius 1 is 1.33 bits per heavy atom. The van der Waals surface area contributed by atoms with Crippen LogP contribution >= 0.6 is 11.6 Å². The fraction of sp³-hybridized carbons (Fsp3) is 0.143. The zero-order valence-corrected chi connectivity index (χ0v) is 12.0. The summed E-state index contributed by atoms with van der Waals surface area (Å²) in [5.74, 6) is 0.831. The number of nitro groups is 1. The van der Waals surface area contributed by atoms with Gasteiger partial charge in [-0.15, -0.1) is 0 Å². The lowest BCUT2D eigenvalue weighted by atomic mass is 10.2. The van der Waals surface area contributed by atoms with Crippen LogP contribution in [0.15, 0.2) is 36.4 Å². The monoisotopic (exact) mass is 308 g/mol. The molecule has 6 nitrogen and oxygen atoms in total. The molecule has 110 valence electrons. The number of nitrogens with two attached hydrogens (primary N) is 1. The third-order valence-electron chi connectivity index (χ3n) is 2.84. The van der Waals surface area contributed by atoms with Crippen LogP contribution in [0.2, 0.25) is 5.02 Å². The Morgan fingerprint density at radius 2 is 2.10 bits per heavy atom. The van der Waals surface area contributed by atoms with Crippen molar-refractivity contribution in [2.75, 3.05) is 7.11 Å². The number of nitrogens with zero attached hydrogens (tertiary/aromatic N) is 1. The summed E-state index contributed by atoms with van der Waals surface area (Å²) in [6.07, 6.45) is 0. The highest BCUT2D eigenvalue weighted by Crippen LogP contribution is 2.36. The van der Waals surface area contributed by atoms with Gasteiger partial charge in [0.25, 0.3) is 0 Å². The van der Waals surface area contributed by atoms with Crippen LogP contribution in [0.5, 0.6) is 17.2 Å². The summed E-state index contributed by atoms with van der Waals surface area (Å²) in [5, 5.41) is 11.4. The first-order chi connectivity index (χ1) is 10.1. The molecule has 0 bridgehead atoms. The maximum Gasteiger partial charge on any atom is 0.314 e. The molecule has 7 heteroatoms. The molecule has 0 spiro atoms. The molecule has 0 atom stereocenters. The summed E-state index contributed by atoms with van der Waals surface area (Å²) in [7, 11) is 1.36. The second kappa shape index (κ2) is 6.43. The van der Waals surface area contributed by atoms with Gasteiger partial charge in [-0.3, -0.25) is 10.1 Å². The van der Waals surface area contributed by atoms with E-state index in [1.807, 2.05) is 0 Å². The molecule has 0 unspecified atom stereocenters. The molecule has 0 amide bonds. The van der Waals surface area contributed by atoms with Crippen LogP contribution in [0.4, 0.5) is 5.69 Å². The molecule has 0 aliphatic carbocycles. The van der Waals surface area contributed by atoms with Gasteiger partial charge in [-0.05, 0) is 18.2 Å². The van der Waals surface area contributed by atoms with Crippen molar-refractivity contribution < 1.29 is 14.4 Å². The molecule has 0 saturated heterocycles. The van der Waals surface area contributed by atoms with Gasteiger partial charge in [0.1, 0.15) is 11.5 Å². The lowest BCUT2D eigenvalue weighted by Gasteiger charge is -2.12. The standard InChI is InChI=1S/C14H13ClN2O4/c1-20-13-6-5-10(7-12(13)17(18)19)21-14-9(8-16)3-2-4-11(14)15/h2-7H,8,16H2,1H3. The third kappa shape index (κ3) is 3.24. The number of hydrogen-bond acceptors (Lipinski definition) is 5. The molecular formula is C14H13ClN2O4. The molecule has 21 heavy (non-hydrogen) atoms. The van der Waals surface area contributed by atoms with Crippen LogP contribution < -0.4 is 15.2 Å². The van der Waals surface area contributed by atoms with Crippen molar-refractivity contribution in [1.82, 2.24) is 0 Å². The Bertz CT molecular complexity index is 676. The molecule has 2 aromatic rings. The van der Waals surface area contributed by atoms with E-state index in [1.54, 1.807) is 24.3 Å². The van der Waals surface area contributed by atoms with Crippen molar-refractivity contribution in [3.8, 4) is 17.2 Å². The predicted molar refractivity (Wildman–Crippen MR) is 79.1 cm³/mol. The van der Waals surface area contributed by atoms with Crippen molar-refractivity contribution in [2.24, 2.45) is 5.73 Å². The summed E-state index contributed by atoms with van der Waals surface area (Å²) in [6.45, 7) is 0.244. The topological polar surface area (TPSA) is 87.6 Å². The minimum Gasteiger partial charge on any atom is -0.490 e. The molecule has 2 aromatic carbocycles. The van der Waals surface area contributed by atoms with E-state index >= 15 is 0 Å². The van der Waals surface area contributed by atoms with Gasteiger partial charge in [-0.2, -0.15) is 0 Å². The fourth-order valence-corrected chi connectivity index (χ4v) is 2.06. The zero-order valence-electron chi connectivity index (χ0n) is 11.2. The lowest BCUT2D eigenvalue weighted by Crippen LogP contribution is -2.00. The molecule has 0 heterocycles. The predicted octanol–water partition coefficient (Wildman–Crippen LogP) is 3.51. The Kier molecular flexibility index (Phi) is 4.62. The molecule has 0 fully saturated rings. The van der Waals surface area contributed by atoms with E-state index < -0.39 is 4.92 Å². The van der Waals surface area contributed by atoms with Gasteiger partial charge in [0.05, 0.1) is 23.1 Å². The highest BCUT2D eigenvalue weighted by Gasteiger charge is 2.17. The summed E-state index contributed by atoms with van der Waals surface area (Å²) in [4.78, 5) is 10.5. The van der Waals surface area contributed by atoms with Crippen molar-refractivity contribution in [3.05, 3.63) is 57.1 Å². The number of halogens is 1. The Hall–Kier alpha value is -2.31. The first kappa shape index (κ1) is 15.1. The van der Waals surface area contributed by atoms with Crippen molar-refractivity contribution in [1.29, 1.82) is 0 Å². The van der Waals surface area contributed by atoms with Gasteiger partial charge in [-0.25, -0.2) is 0 Å². The second-order valence-electron chi connectivity index (χ2n) is 4.13. The van der Waals surface area contributed by atoms with Crippen LogP contribution in [0, 0.1) is 10.1 Å². The quantitative estimate of drug-likeness (QED) is 0.674. The molecule has 2 N–H and O–H groups in total. The normalized spacial score (nSPS) is 10.2. The van der Waals surface area contributed by atoms with E-state index in [9.17, 15) is 10.1 Å². The first-order valence-electron chi connectivity index (χ1n) is 6.04. The van der Waals surface area contributed by atoms with Crippen LogP contribution in [0.25, 0.3) is 0 Å². The number of methoxy groups -OCH3 is 1. The Morgan fingerprint density at radius 3 is 2.71 bits per heavy atom. The molecule has 2 rings (SSSR count). The smallest absolute Gasteiger partial charge is 0.314 e. The van der Waals surface area contributed by atoms with E-state index in [-0.39, 0.29) is 23.7 Å². The van der Waals surface area contributed by atoms with Gasteiger partial charge in [-0.1, -0.05) is 23.7 Å². The van der Waals surface area contributed by atoms with E-state index in [4.69, 9.17) is 26.8 Å². The molecular weight excluding hydrogens is 296 g/mol. The number of benzene rings is 2. The van der Waals surface area contributed by atoms with E-state index in [0.717, 1.165) is 0 Å². The largest absolute Gasteiger partial charge is 0.490 e. The SMILES string of the molecule is COc1ccc(Oc2c(Cl)cccc2CN)cc1[N+](=O)[O-]. The van der Waals surface area contributed by atoms with E-state index in [1.165, 1.54) is 19.2 Å². The summed E-state index contributed by atoms with van der Waals surface area (Å²) >= 11 is 6.08. The van der Waals surface area contributed by atoms with Crippen LogP contribution in [0.1, 0.15) is 5.56 Å². The highest BCUT2D eigenvalue weighted by atomic mass is 35.5. The summed E-state index contributed by atoms with van der Waals surface area (Å²) in [6, 6.07) is 9.51. The molecule has 0 aliphatic rings. The molecule has 0 aromatic heterocycles. The molecule has 0 radical (unpaired) electrons. The number of para-hydroxylation sites is 1. The lowest BCUT2D eigenvalue weighted by molar-refractivity contribution is -0.385. The minimum absolute atomic E-state index is 0.158. The van der Waals surface area contributed by atoms with Gasteiger partial charge in [0, 0.05) is 12.1 Å². The van der Waals surface area contributed by atoms with Crippen molar-refractivity contribution in [3.63, 3.8) is 0 Å². The van der Waals surface area contributed by atoms with Gasteiger partial charge < -0.3 is 15.2 Å². The average Bonchev–Trinajstić information content (AvgIpc) is 2.49. The highest BCUT2D eigenvalue weighted by molar-refractivity contribution is 6.32. The maximum absolute atomic E-state index is 11.0. The fourth-order valence-electron chi connectivity index (χ4n) is 1.82. The van der Waals surface area contributed by atoms with E-state index in [0.29, 0.717) is 16.3 Å². The summed E-state index contributed by atoms with van der Waals surface area (Å²) in [5.41, 5.74) is 6.16.